The minimum Gasteiger partial charge on any atom is -0.490 e. The smallest absolute Gasteiger partial charge is 0.308 e. The molecule has 0 aromatic heterocycles. The third-order valence-corrected chi connectivity index (χ3v) is 7.88. The van der Waals surface area contributed by atoms with Gasteiger partial charge in [0, 0.05) is 12.0 Å². The van der Waals surface area contributed by atoms with E-state index in [-0.39, 0.29) is 11.9 Å². The summed E-state index contributed by atoms with van der Waals surface area (Å²) in [6, 6.07) is 18.8. The number of esters is 1. The average Bonchev–Trinajstić information content (AvgIpc) is 2.95. The van der Waals surface area contributed by atoms with Crippen molar-refractivity contribution in [3.8, 4) is 5.75 Å². The summed E-state index contributed by atoms with van der Waals surface area (Å²) < 4.78 is 12.4. The number of benzene rings is 2. The fourth-order valence-corrected chi connectivity index (χ4v) is 5.26. The van der Waals surface area contributed by atoms with Crippen molar-refractivity contribution >= 4 is 5.97 Å². The fraction of sp³-hybridized carbons (Fsp3) is 0.639. The van der Waals surface area contributed by atoms with Crippen molar-refractivity contribution in [3.05, 3.63) is 65.7 Å². The molecule has 0 aliphatic carbocycles. The van der Waals surface area contributed by atoms with Gasteiger partial charge in [-0.1, -0.05) is 133 Å². The number of ether oxygens (including phenoxy) is 2. The van der Waals surface area contributed by atoms with Gasteiger partial charge >= 0.3 is 5.97 Å². The first-order valence-corrected chi connectivity index (χ1v) is 16.1. The summed E-state index contributed by atoms with van der Waals surface area (Å²) in [6.45, 7) is 6.81. The Balaban J connectivity index is 1.56. The van der Waals surface area contributed by atoms with E-state index in [0.29, 0.717) is 13.2 Å². The van der Waals surface area contributed by atoms with Crippen LogP contribution in [0, 0.1) is 5.92 Å². The summed E-state index contributed by atoms with van der Waals surface area (Å²) >= 11 is 0. The minimum absolute atomic E-state index is 0.119. The van der Waals surface area contributed by atoms with Gasteiger partial charge in [-0.3, -0.25) is 4.79 Å². The zero-order valence-corrected chi connectivity index (χ0v) is 26.2. The van der Waals surface area contributed by atoms with Gasteiger partial charge in [0.2, 0.25) is 0 Å². The van der Waals surface area contributed by atoms with Crippen molar-refractivity contribution in [1.82, 2.24) is 0 Å². The Hall–Kier alpha value is -2.33. The number of hydrogen-bond donors (Lipinski definition) is 0. The number of aryl methyl sites for hydroxylation is 1. The molecule has 0 saturated carbocycles. The van der Waals surface area contributed by atoms with Gasteiger partial charge in [0.15, 0.2) is 0 Å². The van der Waals surface area contributed by atoms with Crippen LogP contribution >= 0.6 is 0 Å². The van der Waals surface area contributed by atoms with Gasteiger partial charge in [0.25, 0.3) is 0 Å². The van der Waals surface area contributed by atoms with Gasteiger partial charge in [0.1, 0.15) is 25.5 Å². The van der Waals surface area contributed by atoms with Gasteiger partial charge in [-0.05, 0) is 24.5 Å². The average molecular weight is 553 g/mol. The van der Waals surface area contributed by atoms with Gasteiger partial charge in [0.05, 0.1) is 26.6 Å². The van der Waals surface area contributed by atoms with E-state index < -0.39 is 0 Å². The normalized spacial score (nSPS) is 12.3. The number of quaternary nitrogens is 1. The van der Waals surface area contributed by atoms with E-state index in [1.54, 1.807) is 0 Å². The molecule has 0 bridgehead atoms. The van der Waals surface area contributed by atoms with Crippen molar-refractivity contribution in [2.24, 2.45) is 5.92 Å². The first-order chi connectivity index (χ1) is 19.4. The second-order valence-electron chi connectivity index (χ2n) is 12.3. The summed E-state index contributed by atoms with van der Waals surface area (Å²) in [4.78, 5) is 12.6. The molecule has 0 aliphatic heterocycles. The highest BCUT2D eigenvalue weighted by Gasteiger charge is 2.21. The minimum atomic E-state index is -0.131. The molecule has 2 aromatic carbocycles. The highest BCUT2D eigenvalue weighted by Crippen LogP contribution is 2.21. The third kappa shape index (κ3) is 15.5. The lowest BCUT2D eigenvalue weighted by Gasteiger charge is -2.30. The number of rotatable bonds is 23. The predicted molar refractivity (Wildman–Crippen MR) is 169 cm³/mol. The maximum Gasteiger partial charge on any atom is 0.308 e. The fourth-order valence-electron chi connectivity index (χ4n) is 5.26. The van der Waals surface area contributed by atoms with E-state index in [2.05, 4.69) is 57.4 Å². The molecule has 0 N–H and O–H groups in total. The number of para-hydroxylation sites is 1. The van der Waals surface area contributed by atoms with Gasteiger partial charge in [-0.15, -0.1) is 0 Å². The molecule has 0 amide bonds. The highest BCUT2D eigenvalue weighted by molar-refractivity contribution is 5.71. The molecule has 2 rings (SSSR count). The summed E-state index contributed by atoms with van der Waals surface area (Å²) in [5.74, 6) is 0.675. The Labute approximate surface area is 246 Å². The van der Waals surface area contributed by atoms with Crippen molar-refractivity contribution < 1.29 is 18.8 Å². The maximum absolute atomic E-state index is 12.6. The van der Waals surface area contributed by atoms with Gasteiger partial charge in [-0.2, -0.15) is 0 Å². The molecule has 0 fully saturated rings. The van der Waals surface area contributed by atoms with E-state index in [1.165, 1.54) is 88.2 Å². The Morgan fingerprint density at radius 2 is 1.32 bits per heavy atom. The quantitative estimate of drug-likeness (QED) is 0.0783. The Bertz CT molecular complexity index is 911. The van der Waals surface area contributed by atoms with Crippen LogP contribution in [0.15, 0.2) is 54.6 Å². The van der Waals surface area contributed by atoms with E-state index in [0.717, 1.165) is 36.2 Å². The first kappa shape index (κ1) is 33.9. The van der Waals surface area contributed by atoms with E-state index in [1.807, 2.05) is 25.1 Å². The Kier molecular flexibility index (Phi) is 17.4. The molecule has 0 aliphatic rings. The number of carbonyl (C=O) groups excluding carboxylic acids is 1. The van der Waals surface area contributed by atoms with Crippen LogP contribution in [0.1, 0.15) is 108 Å². The van der Waals surface area contributed by atoms with Crippen LogP contribution in [-0.4, -0.2) is 44.3 Å². The van der Waals surface area contributed by atoms with Crippen molar-refractivity contribution in [1.29, 1.82) is 0 Å². The Morgan fingerprint density at radius 3 is 1.98 bits per heavy atom. The molecule has 2 aromatic rings. The van der Waals surface area contributed by atoms with Gasteiger partial charge in [-0.25, -0.2) is 0 Å². The molecular formula is C36H58NO3+. The predicted octanol–water partition coefficient (Wildman–Crippen LogP) is 9.16. The molecule has 224 valence electrons. The zero-order chi connectivity index (χ0) is 28.9. The molecule has 4 heteroatoms. The lowest BCUT2D eigenvalue weighted by Crippen LogP contribution is -2.40. The van der Waals surface area contributed by atoms with Crippen LogP contribution in [0.4, 0.5) is 0 Å². The molecule has 40 heavy (non-hydrogen) atoms. The maximum atomic E-state index is 12.6. The third-order valence-electron chi connectivity index (χ3n) is 7.88. The lowest BCUT2D eigenvalue weighted by molar-refractivity contribution is -0.904. The van der Waals surface area contributed by atoms with Crippen molar-refractivity contribution in [3.63, 3.8) is 0 Å². The number of carbonyl (C=O) groups is 1. The SMILES string of the molecule is CCCCCCCCCCCCCCc1ccccc1OCCOC(=O)C(C)CC[N+](C)(C)Cc1ccccc1. The molecule has 0 heterocycles. The molecular weight excluding hydrogens is 494 g/mol. The number of hydrogen-bond acceptors (Lipinski definition) is 3. The second kappa shape index (κ2) is 20.5. The summed E-state index contributed by atoms with van der Waals surface area (Å²) in [5.41, 5.74) is 2.58. The lowest BCUT2D eigenvalue weighted by atomic mass is 10.0. The molecule has 0 saturated heterocycles. The van der Waals surface area contributed by atoms with Crippen LogP contribution < -0.4 is 4.74 Å². The molecule has 1 atom stereocenters. The topological polar surface area (TPSA) is 35.5 Å². The first-order valence-electron chi connectivity index (χ1n) is 16.1. The van der Waals surface area contributed by atoms with Crippen LogP contribution in [-0.2, 0) is 22.5 Å². The standard InChI is InChI=1S/C36H58NO3/c1-5-6-7-8-9-10-11-12-13-14-15-19-24-34-25-20-21-26-35(34)39-29-30-40-36(38)32(2)27-28-37(3,4)31-33-22-17-16-18-23-33/h16-18,20-23,25-26,32H,5-15,19,24,27-31H2,1-4H3/q+1. The molecule has 1 unspecified atom stereocenters. The monoisotopic (exact) mass is 552 g/mol. The summed E-state index contributed by atoms with van der Waals surface area (Å²) in [6.07, 6.45) is 18.2. The second-order valence-corrected chi connectivity index (χ2v) is 12.3. The zero-order valence-electron chi connectivity index (χ0n) is 26.2. The van der Waals surface area contributed by atoms with Gasteiger partial charge < -0.3 is 14.0 Å². The highest BCUT2D eigenvalue weighted by atomic mass is 16.6. The van der Waals surface area contributed by atoms with E-state index in [9.17, 15) is 4.79 Å². The number of unbranched alkanes of at least 4 members (excludes halogenated alkanes) is 11. The van der Waals surface area contributed by atoms with Crippen LogP contribution in [0.25, 0.3) is 0 Å². The van der Waals surface area contributed by atoms with Crippen molar-refractivity contribution in [2.45, 2.75) is 110 Å². The summed E-state index contributed by atoms with van der Waals surface area (Å²) in [5, 5.41) is 0. The molecule has 0 spiro atoms. The Morgan fingerprint density at radius 1 is 0.750 bits per heavy atom. The summed E-state index contributed by atoms with van der Waals surface area (Å²) in [7, 11) is 4.43. The largest absolute Gasteiger partial charge is 0.490 e. The van der Waals surface area contributed by atoms with E-state index in [4.69, 9.17) is 9.47 Å². The van der Waals surface area contributed by atoms with Crippen LogP contribution in [0.5, 0.6) is 5.75 Å². The van der Waals surface area contributed by atoms with E-state index >= 15 is 0 Å². The molecule has 4 nitrogen and oxygen atoms in total. The van der Waals surface area contributed by atoms with Crippen LogP contribution in [0.2, 0.25) is 0 Å². The number of nitrogens with zero attached hydrogens (tertiary/aromatic N) is 1. The molecule has 0 radical (unpaired) electrons. The van der Waals surface area contributed by atoms with Crippen molar-refractivity contribution in [2.75, 3.05) is 33.9 Å². The van der Waals surface area contributed by atoms with Crippen LogP contribution in [0.3, 0.4) is 0 Å².